The van der Waals surface area contributed by atoms with E-state index in [2.05, 4.69) is 22.3 Å². The lowest BCUT2D eigenvalue weighted by Gasteiger charge is -2.33. The maximum atomic E-state index is 12.4. The monoisotopic (exact) mass is 322 g/mol. The van der Waals surface area contributed by atoms with E-state index in [-0.39, 0.29) is 29.5 Å². The molecule has 1 amide bonds. The number of rotatable bonds is 3. The molecule has 2 aliphatic rings. The van der Waals surface area contributed by atoms with Crippen molar-refractivity contribution in [1.82, 2.24) is 10.2 Å². The minimum atomic E-state index is -2.96. The molecule has 0 bridgehead atoms. The summed E-state index contributed by atoms with van der Waals surface area (Å²) in [6, 6.07) is 7.85. The molecule has 1 N–H and O–H groups in total. The summed E-state index contributed by atoms with van der Waals surface area (Å²) in [5, 5.41) is 2.90. The Hall–Kier alpha value is -1.40. The number of carbonyl (C=O) groups is 1. The van der Waals surface area contributed by atoms with E-state index in [1.54, 1.807) is 0 Å². The summed E-state index contributed by atoms with van der Waals surface area (Å²) < 4.78 is 22.9. The molecule has 1 saturated heterocycles. The van der Waals surface area contributed by atoms with Crippen LogP contribution in [-0.2, 0) is 27.6 Å². The minimum Gasteiger partial charge on any atom is -0.351 e. The number of carbonyl (C=O) groups excluding carboxylic acids is 1. The van der Waals surface area contributed by atoms with Crippen molar-refractivity contribution in [2.75, 3.05) is 18.1 Å². The van der Waals surface area contributed by atoms with Gasteiger partial charge in [0, 0.05) is 19.1 Å². The second-order valence-electron chi connectivity index (χ2n) is 6.27. The van der Waals surface area contributed by atoms with E-state index < -0.39 is 9.84 Å². The van der Waals surface area contributed by atoms with Gasteiger partial charge in [-0.3, -0.25) is 9.69 Å². The van der Waals surface area contributed by atoms with Gasteiger partial charge in [0.15, 0.2) is 9.84 Å². The molecule has 0 saturated carbocycles. The van der Waals surface area contributed by atoms with Crippen LogP contribution in [-0.4, -0.2) is 49.4 Å². The highest BCUT2D eigenvalue weighted by Crippen LogP contribution is 2.20. The quantitative estimate of drug-likeness (QED) is 0.891. The zero-order valence-electron chi connectivity index (χ0n) is 12.8. The highest BCUT2D eigenvalue weighted by Gasteiger charge is 2.31. The molecule has 1 aromatic rings. The number of hydrogen-bond donors (Lipinski definition) is 1. The molecule has 0 aromatic heterocycles. The van der Waals surface area contributed by atoms with Gasteiger partial charge in [0.25, 0.3) is 0 Å². The fraction of sp³-hybridized carbons (Fsp3) is 0.562. The second kappa shape index (κ2) is 6.01. The predicted octanol–water partition coefficient (Wildman–Crippen LogP) is 0.737. The van der Waals surface area contributed by atoms with E-state index in [1.807, 2.05) is 19.1 Å². The van der Waals surface area contributed by atoms with Crippen LogP contribution in [0, 0.1) is 0 Å². The maximum Gasteiger partial charge on any atom is 0.237 e. The van der Waals surface area contributed by atoms with Crippen molar-refractivity contribution < 1.29 is 13.2 Å². The highest BCUT2D eigenvalue weighted by atomic mass is 32.2. The molecule has 6 heteroatoms. The molecule has 2 atom stereocenters. The smallest absolute Gasteiger partial charge is 0.237 e. The number of sulfone groups is 1. The molecule has 2 aliphatic heterocycles. The second-order valence-corrected chi connectivity index (χ2v) is 8.50. The summed E-state index contributed by atoms with van der Waals surface area (Å²) in [5.41, 5.74) is 2.63. The molecule has 3 rings (SSSR count). The molecule has 0 spiro atoms. The summed E-state index contributed by atoms with van der Waals surface area (Å²) in [6.45, 7) is 3.52. The average Bonchev–Trinajstić information content (AvgIpc) is 2.84. The van der Waals surface area contributed by atoms with Gasteiger partial charge in [0.1, 0.15) is 0 Å². The number of nitrogens with one attached hydrogen (secondary N) is 1. The van der Waals surface area contributed by atoms with E-state index >= 15 is 0 Å². The Morgan fingerprint density at radius 1 is 1.32 bits per heavy atom. The number of hydrogen-bond acceptors (Lipinski definition) is 4. The number of benzene rings is 1. The zero-order chi connectivity index (χ0) is 15.7. The van der Waals surface area contributed by atoms with Gasteiger partial charge in [-0.25, -0.2) is 8.42 Å². The van der Waals surface area contributed by atoms with Crippen molar-refractivity contribution >= 4 is 15.7 Å². The van der Waals surface area contributed by atoms with Crippen molar-refractivity contribution in [2.24, 2.45) is 0 Å². The normalized spacial score (nSPS) is 25.4. The first-order valence-corrected chi connectivity index (χ1v) is 9.58. The van der Waals surface area contributed by atoms with E-state index in [0.29, 0.717) is 6.42 Å². The Morgan fingerprint density at radius 3 is 2.73 bits per heavy atom. The lowest BCUT2D eigenvalue weighted by atomic mass is 9.98. The summed E-state index contributed by atoms with van der Waals surface area (Å²) in [6.07, 6.45) is 1.48. The van der Waals surface area contributed by atoms with Gasteiger partial charge in [-0.2, -0.15) is 0 Å². The Balaban J connectivity index is 1.60. The van der Waals surface area contributed by atoms with Crippen molar-refractivity contribution in [3.05, 3.63) is 35.4 Å². The van der Waals surface area contributed by atoms with Crippen LogP contribution in [0.5, 0.6) is 0 Å². The molecule has 0 radical (unpaired) electrons. The molecule has 5 nitrogen and oxygen atoms in total. The van der Waals surface area contributed by atoms with Crippen LogP contribution >= 0.6 is 0 Å². The van der Waals surface area contributed by atoms with Crippen LogP contribution in [0.1, 0.15) is 24.5 Å². The topological polar surface area (TPSA) is 66.5 Å². The van der Waals surface area contributed by atoms with Crippen molar-refractivity contribution in [3.8, 4) is 0 Å². The molecule has 1 aromatic carbocycles. The van der Waals surface area contributed by atoms with Gasteiger partial charge in [-0.05, 0) is 30.9 Å². The molecule has 0 aliphatic carbocycles. The van der Waals surface area contributed by atoms with Gasteiger partial charge >= 0.3 is 0 Å². The van der Waals surface area contributed by atoms with Gasteiger partial charge < -0.3 is 5.32 Å². The first-order valence-electron chi connectivity index (χ1n) is 7.76. The zero-order valence-corrected chi connectivity index (χ0v) is 13.6. The van der Waals surface area contributed by atoms with Gasteiger partial charge in [-0.15, -0.1) is 0 Å². The molecule has 0 unspecified atom stereocenters. The SMILES string of the molecule is C[C@H](C(=O)N[C@@H]1CCS(=O)(=O)C1)N1CCc2ccccc2C1. The third-order valence-corrected chi connectivity index (χ3v) is 6.43. The molecular formula is C16H22N2O3S. The Labute approximate surface area is 131 Å². The van der Waals surface area contributed by atoms with E-state index in [4.69, 9.17) is 0 Å². The van der Waals surface area contributed by atoms with Crippen LogP contribution < -0.4 is 5.32 Å². The maximum absolute atomic E-state index is 12.4. The first kappa shape index (κ1) is 15.5. The number of nitrogens with zero attached hydrogens (tertiary/aromatic N) is 1. The van der Waals surface area contributed by atoms with Crippen molar-refractivity contribution in [2.45, 2.75) is 38.4 Å². The highest BCUT2D eigenvalue weighted by molar-refractivity contribution is 7.91. The Morgan fingerprint density at radius 2 is 2.05 bits per heavy atom. The third-order valence-electron chi connectivity index (χ3n) is 4.67. The third kappa shape index (κ3) is 3.33. The van der Waals surface area contributed by atoms with E-state index in [9.17, 15) is 13.2 Å². The van der Waals surface area contributed by atoms with Crippen LogP contribution in [0.25, 0.3) is 0 Å². The van der Waals surface area contributed by atoms with Crippen LogP contribution in [0.15, 0.2) is 24.3 Å². The summed E-state index contributed by atoms with van der Waals surface area (Å²) in [4.78, 5) is 14.5. The summed E-state index contributed by atoms with van der Waals surface area (Å²) >= 11 is 0. The van der Waals surface area contributed by atoms with Crippen molar-refractivity contribution in [3.63, 3.8) is 0 Å². The Kier molecular flexibility index (Phi) is 4.23. The average molecular weight is 322 g/mol. The lowest BCUT2D eigenvalue weighted by Crippen LogP contribution is -2.49. The van der Waals surface area contributed by atoms with Crippen molar-refractivity contribution in [1.29, 1.82) is 0 Å². The van der Waals surface area contributed by atoms with Gasteiger partial charge in [0.05, 0.1) is 17.5 Å². The standard InChI is InChI=1S/C16H22N2O3S/c1-12(16(19)17-15-7-9-22(20,21)11-15)18-8-6-13-4-2-3-5-14(13)10-18/h2-5,12,15H,6-11H2,1H3,(H,17,19)/t12-,15-/m1/s1. The van der Waals surface area contributed by atoms with Gasteiger partial charge in [-0.1, -0.05) is 24.3 Å². The molecular weight excluding hydrogens is 300 g/mol. The Bertz CT molecular complexity index is 672. The van der Waals surface area contributed by atoms with E-state index in [0.717, 1.165) is 19.5 Å². The first-order chi connectivity index (χ1) is 10.4. The fourth-order valence-electron chi connectivity index (χ4n) is 3.24. The fourth-order valence-corrected chi connectivity index (χ4v) is 4.92. The molecule has 2 heterocycles. The number of fused-ring (bicyclic) bond motifs is 1. The molecule has 22 heavy (non-hydrogen) atoms. The van der Waals surface area contributed by atoms with Crippen LogP contribution in [0.4, 0.5) is 0 Å². The number of amides is 1. The molecule has 1 fully saturated rings. The summed E-state index contributed by atoms with van der Waals surface area (Å²) in [5.74, 6) is 0.194. The lowest BCUT2D eigenvalue weighted by molar-refractivity contribution is -0.126. The largest absolute Gasteiger partial charge is 0.351 e. The minimum absolute atomic E-state index is 0.0681. The molecule has 120 valence electrons. The van der Waals surface area contributed by atoms with Gasteiger partial charge in [0.2, 0.25) is 5.91 Å². The van der Waals surface area contributed by atoms with Crippen LogP contribution in [0.3, 0.4) is 0 Å². The predicted molar refractivity (Wildman–Crippen MR) is 85.2 cm³/mol. The van der Waals surface area contributed by atoms with E-state index in [1.165, 1.54) is 11.1 Å². The van der Waals surface area contributed by atoms with Crippen LogP contribution in [0.2, 0.25) is 0 Å². The summed E-state index contributed by atoms with van der Waals surface area (Å²) in [7, 11) is -2.96.